The van der Waals surface area contributed by atoms with Crippen molar-refractivity contribution in [3.8, 4) is 0 Å². The van der Waals surface area contributed by atoms with Crippen LogP contribution in [0.25, 0.3) is 5.52 Å². The molecule has 0 aromatic carbocycles. The molecule has 0 radical (unpaired) electrons. The summed E-state index contributed by atoms with van der Waals surface area (Å²) in [5.41, 5.74) is 3.07. The van der Waals surface area contributed by atoms with E-state index >= 15 is 0 Å². The lowest BCUT2D eigenvalue weighted by Gasteiger charge is -2.47. The Labute approximate surface area is 152 Å². The van der Waals surface area contributed by atoms with E-state index in [4.69, 9.17) is 16.3 Å². The molecule has 6 heteroatoms. The van der Waals surface area contributed by atoms with Crippen molar-refractivity contribution in [3.63, 3.8) is 0 Å². The Kier molecular flexibility index (Phi) is 4.44. The summed E-state index contributed by atoms with van der Waals surface area (Å²) < 4.78 is 7.22. The number of hydrogen-bond acceptors (Lipinski definition) is 4. The molecule has 5 rings (SSSR count). The number of carbonyl (C=O) groups is 1. The minimum atomic E-state index is -0.0235. The van der Waals surface area contributed by atoms with E-state index in [-0.39, 0.29) is 23.1 Å². The lowest BCUT2D eigenvalue weighted by atomic mass is 9.57. The van der Waals surface area contributed by atoms with Crippen LogP contribution in [-0.4, -0.2) is 27.2 Å². The largest absolute Gasteiger partial charge is 0.466 e. The maximum Gasteiger partial charge on any atom is 0.309 e. The summed E-state index contributed by atoms with van der Waals surface area (Å²) >= 11 is 6.14. The van der Waals surface area contributed by atoms with Gasteiger partial charge in [0.1, 0.15) is 0 Å². The van der Waals surface area contributed by atoms with Crippen molar-refractivity contribution in [3.05, 3.63) is 28.8 Å². The van der Waals surface area contributed by atoms with Crippen molar-refractivity contribution in [1.29, 1.82) is 0 Å². The molecule has 25 heavy (non-hydrogen) atoms. The Morgan fingerprint density at radius 1 is 1.32 bits per heavy atom. The SMILES string of the molecule is CCOC(=O)[C@H]1C2CCC(CC2)[C@@H]1Cc1nc(Cl)nn2cc(C)cc12. The number of aromatic nitrogens is 3. The molecule has 0 aliphatic heterocycles. The Bertz CT molecular complexity index is 795. The monoisotopic (exact) mass is 361 g/mol. The maximum atomic E-state index is 12.6. The lowest BCUT2D eigenvalue weighted by molar-refractivity contribution is -0.158. The van der Waals surface area contributed by atoms with E-state index in [1.54, 1.807) is 4.52 Å². The van der Waals surface area contributed by atoms with Gasteiger partial charge in [-0.15, -0.1) is 5.10 Å². The number of nitrogens with zero attached hydrogens (tertiary/aromatic N) is 3. The van der Waals surface area contributed by atoms with E-state index in [1.807, 2.05) is 20.0 Å². The van der Waals surface area contributed by atoms with Crippen LogP contribution in [0.2, 0.25) is 5.28 Å². The number of halogens is 1. The standard InChI is InChI=1S/C19H24ClN3O2/c1-3-25-18(24)17-13-6-4-12(5-7-13)14(17)9-15-16-8-11(2)10-23(16)22-19(20)21-15/h8,10,12-14,17H,3-7,9H2,1-2H3/t12?,13?,14-,17-/m0/s1. The van der Waals surface area contributed by atoms with Gasteiger partial charge in [-0.2, -0.15) is 0 Å². The second-order valence-corrected chi connectivity index (χ2v) is 7.83. The van der Waals surface area contributed by atoms with Crippen molar-refractivity contribution in [2.24, 2.45) is 23.7 Å². The molecule has 0 saturated heterocycles. The minimum absolute atomic E-state index is 0.00250. The normalized spacial score (nSPS) is 28.4. The molecule has 5 nitrogen and oxygen atoms in total. The first-order valence-corrected chi connectivity index (χ1v) is 9.62. The van der Waals surface area contributed by atoms with Gasteiger partial charge in [0.25, 0.3) is 0 Å². The molecule has 2 heterocycles. The second kappa shape index (κ2) is 6.60. The molecule has 0 unspecified atom stereocenters. The Balaban J connectivity index is 1.69. The van der Waals surface area contributed by atoms with Crippen LogP contribution < -0.4 is 0 Å². The first-order valence-electron chi connectivity index (χ1n) is 9.25. The number of rotatable bonds is 4. The van der Waals surface area contributed by atoms with E-state index < -0.39 is 0 Å². The molecule has 0 spiro atoms. The smallest absolute Gasteiger partial charge is 0.309 e. The van der Waals surface area contributed by atoms with E-state index in [9.17, 15) is 4.79 Å². The van der Waals surface area contributed by atoms with Crippen LogP contribution in [0, 0.1) is 30.6 Å². The van der Waals surface area contributed by atoms with E-state index in [0.29, 0.717) is 18.4 Å². The summed E-state index contributed by atoms with van der Waals surface area (Å²) in [5.74, 6) is 1.29. The highest BCUT2D eigenvalue weighted by atomic mass is 35.5. The number of ether oxygens (including phenoxy) is 1. The summed E-state index contributed by atoms with van der Waals surface area (Å²) in [7, 11) is 0. The lowest BCUT2D eigenvalue weighted by Crippen LogP contribution is -2.45. The number of hydrogen-bond donors (Lipinski definition) is 0. The van der Waals surface area contributed by atoms with Gasteiger partial charge >= 0.3 is 5.97 Å². The van der Waals surface area contributed by atoms with Gasteiger partial charge in [-0.3, -0.25) is 4.79 Å². The number of carbonyl (C=O) groups excluding carboxylic acids is 1. The zero-order valence-corrected chi connectivity index (χ0v) is 15.5. The molecule has 2 aromatic rings. The first-order chi connectivity index (χ1) is 12.1. The summed E-state index contributed by atoms with van der Waals surface area (Å²) in [6.45, 7) is 4.36. The molecule has 2 bridgehead atoms. The van der Waals surface area contributed by atoms with Crippen molar-refractivity contribution in [2.45, 2.75) is 46.0 Å². The Morgan fingerprint density at radius 3 is 2.76 bits per heavy atom. The number of fused-ring (bicyclic) bond motifs is 4. The first kappa shape index (κ1) is 16.8. The highest BCUT2D eigenvalue weighted by molar-refractivity contribution is 6.28. The van der Waals surface area contributed by atoms with E-state index in [1.165, 1.54) is 12.8 Å². The predicted molar refractivity (Wildman–Crippen MR) is 95.5 cm³/mol. The van der Waals surface area contributed by atoms with Gasteiger partial charge in [0.2, 0.25) is 5.28 Å². The van der Waals surface area contributed by atoms with Gasteiger partial charge in [0.05, 0.1) is 23.7 Å². The third-order valence-electron chi connectivity index (χ3n) is 6.03. The molecule has 0 N–H and O–H groups in total. The van der Waals surface area contributed by atoms with Crippen LogP contribution in [0.4, 0.5) is 0 Å². The zero-order chi connectivity index (χ0) is 17.6. The fraction of sp³-hybridized carbons (Fsp3) is 0.632. The third-order valence-corrected chi connectivity index (χ3v) is 6.19. The van der Waals surface area contributed by atoms with Crippen LogP contribution >= 0.6 is 11.6 Å². The molecule has 3 saturated carbocycles. The topological polar surface area (TPSA) is 56.5 Å². The molecule has 2 atom stereocenters. The summed E-state index contributed by atoms with van der Waals surface area (Å²) in [4.78, 5) is 17.2. The number of esters is 1. The molecule has 3 fully saturated rings. The maximum absolute atomic E-state index is 12.6. The summed E-state index contributed by atoms with van der Waals surface area (Å²) in [6.07, 6.45) is 7.44. The quantitative estimate of drug-likeness (QED) is 0.776. The zero-order valence-electron chi connectivity index (χ0n) is 14.7. The van der Waals surface area contributed by atoms with Crippen molar-refractivity contribution in [1.82, 2.24) is 14.6 Å². The molecule has 3 aliphatic rings. The molecular formula is C19H24ClN3O2. The van der Waals surface area contributed by atoms with Gasteiger partial charge in [0, 0.05) is 6.20 Å². The van der Waals surface area contributed by atoms with E-state index in [0.717, 1.165) is 36.0 Å². The summed E-state index contributed by atoms with van der Waals surface area (Å²) in [6, 6.07) is 2.09. The fourth-order valence-corrected chi connectivity index (χ4v) is 5.19. The highest BCUT2D eigenvalue weighted by Crippen LogP contribution is 2.50. The van der Waals surface area contributed by atoms with Crippen LogP contribution in [0.1, 0.15) is 43.9 Å². The number of aryl methyl sites for hydroxylation is 1. The Hall–Kier alpha value is -1.62. The Morgan fingerprint density at radius 2 is 2.04 bits per heavy atom. The third kappa shape index (κ3) is 3.03. The van der Waals surface area contributed by atoms with Crippen molar-refractivity contribution < 1.29 is 9.53 Å². The van der Waals surface area contributed by atoms with Gasteiger partial charge < -0.3 is 4.74 Å². The van der Waals surface area contributed by atoms with Crippen molar-refractivity contribution in [2.75, 3.05) is 6.61 Å². The molecule has 134 valence electrons. The van der Waals surface area contributed by atoms with E-state index in [2.05, 4.69) is 16.1 Å². The summed E-state index contributed by atoms with van der Waals surface area (Å²) in [5, 5.41) is 4.52. The van der Waals surface area contributed by atoms with Crippen molar-refractivity contribution >= 4 is 23.1 Å². The highest BCUT2D eigenvalue weighted by Gasteiger charge is 2.47. The molecule has 0 amide bonds. The van der Waals surface area contributed by atoms with Crippen LogP contribution in [-0.2, 0) is 16.0 Å². The molecular weight excluding hydrogens is 338 g/mol. The van der Waals surface area contributed by atoms with Crippen LogP contribution in [0.5, 0.6) is 0 Å². The van der Waals surface area contributed by atoms with Gasteiger partial charge in [-0.25, -0.2) is 9.50 Å². The van der Waals surface area contributed by atoms with Crippen LogP contribution in [0.3, 0.4) is 0 Å². The predicted octanol–water partition coefficient (Wildman–Crippen LogP) is 3.85. The second-order valence-electron chi connectivity index (χ2n) is 7.50. The molecule has 3 aliphatic carbocycles. The van der Waals surface area contributed by atoms with Gasteiger partial charge in [-0.1, -0.05) is 0 Å². The fourth-order valence-electron chi connectivity index (χ4n) is 5.01. The average Bonchev–Trinajstić information content (AvgIpc) is 2.96. The van der Waals surface area contributed by atoms with Crippen LogP contribution in [0.15, 0.2) is 12.3 Å². The average molecular weight is 362 g/mol. The van der Waals surface area contributed by atoms with Gasteiger partial charge in [0.15, 0.2) is 0 Å². The minimum Gasteiger partial charge on any atom is -0.466 e. The van der Waals surface area contributed by atoms with Gasteiger partial charge in [-0.05, 0) is 86.9 Å². The molecule has 2 aromatic heterocycles.